The number of benzene rings is 2. The van der Waals surface area contributed by atoms with E-state index in [1.54, 1.807) is 7.11 Å². The maximum atomic E-state index is 11.9. The molecule has 1 amide bonds. The molecular formula is C20H23N3O2S. The molecule has 2 N–H and O–H groups in total. The quantitative estimate of drug-likeness (QED) is 0.765. The van der Waals surface area contributed by atoms with Crippen LogP contribution < -0.4 is 15.4 Å². The maximum absolute atomic E-state index is 11.9. The van der Waals surface area contributed by atoms with Gasteiger partial charge in [0.2, 0.25) is 5.91 Å². The number of carbonyl (C=O) groups excluding carboxylic acids is 1. The Morgan fingerprint density at radius 3 is 2.54 bits per heavy atom. The lowest BCUT2D eigenvalue weighted by atomic mass is 10.1. The van der Waals surface area contributed by atoms with Gasteiger partial charge in [0.25, 0.3) is 0 Å². The van der Waals surface area contributed by atoms with Crippen LogP contribution in [0.5, 0.6) is 5.75 Å². The van der Waals surface area contributed by atoms with Crippen molar-refractivity contribution < 1.29 is 9.53 Å². The van der Waals surface area contributed by atoms with Crippen LogP contribution in [0.2, 0.25) is 0 Å². The fraction of sp³-hybridized carbons (Fsp3) is 0.300. The Morgan fingerprint density at radius 1 is 1.15 bits per heavy atom. The first-order valence-electron chi connectivity index (χ1n) is 8.69. The molecular weight excluding hydrogens is 346 g/mol. The number of hydrogen-bond acceptors (Lipinski definition) is 3. The van der Waals surface area contributed by atoms with Crippen LogP contribution in [-0.2, 0) is 17.9 Å². The first kappa shape index (κ1) is 18.2. The third-order valence-corrected chi connectivity index (χ3v) is 4.68. The second-order valence-electron chi connectivity index (χ2n) is 6.22. The first-order valence-corrected chi connectivity index (χ1v) is 9.10. The predicted octanol–water partition coefficient (Wildman–Crippen LogP) is 3.30. The van der Waals surface area contributed by atoms with E-state index < -0.39 is 0 Å². The maximum Gasteiger partial charge on any atom is 0.222 e. The summed E-state index contributed by atoms with van der Waals surface area (Å²) < 4.78 is 5.15. The molecule has 136 valence electrons. The highest BCUT2D eigenvalue weighted by atomic mass is 32.1. The van der Waals surface area contributed by atoms with E-state index in [-0.39, 0.29) is 5.91 Å². The molecule has 1 heterocycles. The van der Waals surface area contributed by atoms with Crippen molar-refractivity contribution in [1.29, 1.82) is 0 Å². The molecule has 2 aromatic carbocycles. The lowest BCUT2D eigenvalue weighted by Gasteiger charge is -2.19. The van der Waals surface area contributed by atoms with E-state index in [1.165, 1.54) is 0 Å². The number of thiocarbonyl (C=S) groups is 1. The average Bonchev–Trinajstić information content (AvgIpc) is 3.06. The Labute approximate surface area is 159 Å². The van der Waals surface area contributed by atoms with Crippen LogP contribution in [0.15, 0.2) is 48.5 Å². The Morgan fingerprint density at radius 2 is 1.88 bits per heavy atom. The minimum absolute atomic E-state index is 0.240. The third-order valence-electron chi connectivity index (χ3n) is 4.44. The van der Waals surface area contributed by atoms with Crippen molar-refractivity contribution in [2.45, 2.75) is 25.9 Å². The zero-order valence-electron chi connectivity index (χ0n) is 14.8. The Kier molecular flexibility index (Phi) is 6.07. The van der Waals surface area contributed by atoms with Gasteiger partial charge in [-0.3, -0.25) is 4.79 Å². The third kappa shape index (κ3) is 4.73. The molecule has 5 nitrogen and oxygen atoms in total. The van der Waals surface area contributed by atoms with Crippen LogP contribution in [0.25, 0.3) is 0 Å². The van der Waals surface area contributed by atoms with Crippen molar-refractivity contribution in [3.8, 4) is 5.75 Å². The average molecular weight is 369 g/mol. The van der Waals surface area contributed by atoms with Crippen LogP contribution in [0.4, 0.5) is 5.69 Å². The van der Waals surface area contributed by atoms with Crippen LogP contribution in [0.3, 0.4) is 0 Å². The smallest absolute Gasteiger partial charge is 0.222 e. The van der Waals surface area contributed by atoms with Gasteiger partial charge in [-0.2, -0.15) is 0 Å². The molecule has 0 bridgehead atoms. The molecule has 0 saturated carbocycles. The largest absolute Gasteiger partial charge is 0.497 e. The molecule has 1 aliphatic heterocycles. The van der Waals surface area contributed by atoms with Gasteiger partial charge in [0, 0.05) is 31.7 Å². The van der Waals surface area contributed by atoms with Crippen molar-refractivity contribution in [2.24, 2.45) is 0 Å². The van der Waals surface area contributed by atoms with Gasteiger partial charge >= 0.3 is 0 Å². The summed E-state index contributed by atoms with van der Waals surface area (Å²) >= 11 is 5.38. The first-order chi connectivity index (χ1) is 12.7. The molecule has 0 atom stereocenters. The van der Waals surface area contributed by atoms with Gasteiger partial charge in [-0.05, 0) is 54.0 Å². The Hall–Kier alpha value is -2.60. The highest BCUT2D eigenvalue weighted by molar-refractivity contribution is 7.80. The van der Waals surface area contributed by atoms with Crippen molar-refractivity contribution in [3.63, 3.8) is 0 Å². The van der Waals surface area contributed by atoms with Gasteiger partial charge in [-0.25, -0.2) is 0 Å². The number of carbonyl (C=O) groups is 1. The van der Waals surface area contributed by atoms with E-state index in [1.807, 2.05) is 41.3 Å². The Bertz CT molecular complexity index is 777. The zero-order chi connectivity index (χ0) is 18.4. The SMILES string of the molecule is COc1ccc(NC(=S)NCc2ccccc2CN2CCCC2=O)cc1. The van der Waals surface area contributed by atoms with E-state index in [4.69, 9.17) is 17.0 Å². The lowest BCUT2D eigenvalue weighted by molar-refractivity contribution is -0.128. The molecule has 2 aromatic rings. The van der Waals surface area contributed by atoms with Gasteiger partial charge < -0.3 is 20.3 Å². The molecule has 1 saturated heterocycles. The summed E-state index contributed by atoms with van der Waals surface area (Å²) in [5.74, 6) is 1.05. The minimum atomic E-state index is 0.240. The van der Waals surface area contributed by atoms with Crippen LogP contribution in [-0.4, -0.2) is 29.6 Å². The second-order valence-corrected chi connectivity index (χ2v) is 6.63. The molecule has 6 heteroatoms. The fourth-order valence-corrected chi connectivity index (χ4v) is 3.18. The molecule has 1 fully saturated rings. The number of rotatable bonds is 6. The minimum Gasteiger partial charge on any atom is -0.497 e. The van der Waals surface area contributed by atoms with Gasteiger partial charge in [0.05, 0.1) is 7.11 Å². The normalized spacial score (nSPS) is 13.6. The standard InChI is InChI=1S/C20H23N3O2S/c1-25-18-10-8-17(9-11-18)22-20(26)21-13-15-5-2-3-6-16(15)14-23-12-4-7-19(23)24/h2-3,5-6,8-11H,4,7,12-14H2,1H3,(H2,21,22,26). The molecule has 0 radical (unpaired) electrons. The lowest BCUT2D eigenvalue weighted by Crippen LogP contribution is -2.29. The predicted molar refractivity (Wildman–Crippen MR) is 107 cm³/mol. The second kappa shape index (κ2) is 8.67. The summed E-state index contributed by atoms with van der Waals surface area (Å²) in [6, 6.07) is 15.8. The number of amides is 1. The molecule has 0 spiro atoms. The number of likely N-dealkylation sites (tertiary alicyclic amines) is 1. The summed E-state index contributed by atoms with van der Waals surface area (Å²) in [6.45, 7) is 2.12. The molecule has 0 aliphatic carbocycles. The molecule has 0 aromatic heterocycles. The zero-order valence-corrected chi connectivity index (χ0v) is 15.6. The van der Waals surface area contributed by atoms with Crippen molar-refractivity contribution in [3.05, 3.63) is 59.7 Å². The highest BCUT2D eigenvalue weighted by Crippen LogP contribution is 2.18. The van der Waals surface area contributed by atoms with E-state index in [0.717, 1.165) is 35.5 Å². The van der Waals surface area contributed by atoms with Crippen molar-refractivity contribution in [2.75, 3.05) is 19.0 Å². The van der Waals surface area contributed by atoms with E-state index in [0.29, 0.717) is 24.6 Å². The van der Waals surface area contributed by atoms with Crippen molar-refractivity contribution >= 4 is 28.9 Å². The number of hydrogen-bond donors (Lipinski definition) is 2. The van der Waals surface area contributed by atoms with Crippen LogP contribution >= 0.6 is 12.2 Å². The number of methoxy groups -OCH3 is 1. The highest BCUT2D eigenvalue weighted by Gasteiger charge is 2.20. The number of anilines is 1. The fourth-order valence-electron chi connectivity index (χ4n) is 2.99. The molecule has 1 aliphatic rings. The summed E-state index contributed by atoms with van der Waals surface area (Å²) in [5.41, 5.74) is 3.20. The van der Waals surface area contributed by atoms with Gasteiger partial charge in [-0.15, -0.1) is 0 Å². The number of nitrogens with zero attached hydrogens (tertiary/aromatic N) is 1. The Balaban J connectivity index is 1.56. The molecule has 26 heavy (non-hydrogen) atoms. The number of ether oxygens (including phenoxy) is 1. The van der Waals surface area contributed by atoms with Gasteiger partial charge in [-0.1, -0.05) is 24.3 Å². The van der Waals surface area contributed by atoms with Crippen LogP contribution in [0.1, 0.15) is 24.0 Å². The monoisotopic (exact) mass is 369 g/mol. The molecule has 0 unspecified atom stereocenters. The van der Waals surface area contributed by atoms with Gasteiger partial charge in [0.1, 0.15) is 5.75 Å². The summed E-state index contributed by atoms with van der Waals surface area (Å²) in [7, 11) is 1.64. The summed E-state index contributed by atoms with van der Waals surface area (Å²) in [6.07, 6.45) is 1.62. The number of nitrogens with one attached hydrogen (secondary N) is 2. The summed E-state index contributed by atoms with van der Waals surface area (Å²) in [5, 5.41) is 6.96. The van der Waals surface area contributed by atoms with Crippen LogP contribution in [0, 0.1) is 0 Å². The molecule has 3 rings (SSSR count). The summed E-state index contributed by atoms with van der Waals surface area (Å²) in [4.78, 5) is 13.8. The van der Waals surface area contributed by atoms with E-state index >= 15 is 0 Å². The van der Waals surface area contributed by atoms with Crippen molar-refractivity contribution in [1.82, 2.24) is 10.2 Å². The van der Waals surface area contributed by atoms with E-state index in [2.05, 4.69) is 22.8 Å². The topological polar surface area (TPSA) is 53.6 Å². The van der Waals surface area contributed by atoms with E-state index in [9.17, 15) is 4.79 Å². The van der Waals surface area contributed by atoms with Gasteiger partial charge in [0.15, 0.2) is 5.11 Å².